The maximum atomic E-state index is 11.0. The largest absolute Gasteiger partial charge is 0.385 e. The third-order valence-electron chi connectivity index (χ3n) is 3.91. The molecule has 0 bridgehead atoms. The molecule has 0 fully saturated rings. The monoisotopic (exact) mass is 370 g/mol. The number of aliphatic hydroxyl groups is 1. The van der Waals surface area contributed by atoms with Crippen LogP contribution in [0.1, 0.15) is 23.1 Å². The van der Waals surface area contributed by atoms with Crippen molar-refractivity contribution in [1.82, 2.24) is 0 Å². The van der Waals surface area contributed by atoms with Crippen LogP contribution in [0, 0.1) is 0 Å². The van der Waals surface area contributed by atoms with E-state index < -0.39 is 5.60 Å². The molecule has 1 N–H and O–H groups in total. The summed E-state index contributed by atoms with van der Waals surface area (Å²) in [7, 11) is 0. The molecule has 0 heterocycles. The van der Waals surface area contributed by atoms with Gasteiger partial charge in [-0.25, -0.2) is 0 Å². The Hall–Kier alpha value is -0.540. The Labute approximate surface area is 136 Å². The number of aryl methyl sites for hydroxylation is 1. The predicted octanol–water partition coefficient (Wildman–Crippen LogP) is 5.13. The zero-order valence-electron chi connectivity index (χ0n) is 10.7. The van der Waals surface area contributed by atoms with E-state index in [1.54, 1.807) is 6.07 Å². The normalized spacial score (nSPS) is 21.6. The van der Waals surface area contributed by atoms with Crippen LogP contribution in [0.15, 0.2) is 40.9 Å². The van der Waals surface area contributed by atoms with E-state index in [1.165, 1.54) is 5.56 Å². The molecule has 1 nitrogen and oxygen atoms in total. The van der Waals surface area contributed by atoms with E-state index in [0.29, 0.717) is 22.9 Å². The van der Waals surface area contributed by atoms with Crippen molar-refractivity contribution in [2.75, 3.05) is 0 Å². The molecule has 4 heteroatoms. The van der Waals surface area contributed by atoms with Gasteiger partial charge in [-0.3, -0.25) is 0 Å². The molecule has 0 saturated heterocycles. The summed E-state index contributed by atoms with van der Waals surface area (Å²) in [6, 6.07) is 11.6. The average molecular weight is 372 g/mol. The number of halogens is 3. The molecule has 0 amide bonds. The molecule has 104 valence electrons. The first-order valence-corrected chi connectivity index (χ1v) is 7.99. The van der Waals surface area contributed by atoms with Crippen LogP contribution in [0.25, 0.3) is 0 Å². The predicted molar refractivity (Wildman–Crippen MR) is 86.5 cm³/mol. The van der Waals surface area contributed by atoms with Crippen molar-refractivity contribution in [3.63, 3.8) is 0 Å². The van der Waals surface area contributed by atoms with Gasteiger partial charge in [0.25, 0.3) is 0 Å². The van der Waals surface area contributed by atoms with E-state index >= 15 is 0 Å². The van der Waals surface area contributed by atoms with Gasteiger partial charge in [-0.1, -0.05) is 57.3 Å². The zero-order chi connectivity index (χ0) is 14.3. The highest BCUT2D eigenvalue weighted by molar-refractivity contribution is 9.10. The lowest BCUT2D eigenvalue weighted by Crippen LogP contribution is -2.33. The summed E-state index contributed by atoms with van der Waals surface area (Å²) in [5.74, 6) is 0. The lowest BCUT2D eigenvalue weighted by molar-refractivity contribution is 0.0223. The van der Waals surface area contributed by atoms with Gasteiger partial charge in [0, 0.05) is 16.5 Å². The molecule has 2 aromatic rings. The first-order chi connectivity index (χ1) is 9.49. The Morgan fingerprint density at radius 2 is 1.90 bits per heavy atom. The van der Waals surface area contributed by atoms with E-state index in [1.807, 2.05) is 18.2 Å². The van der Waals surface area contributed by atoms with E-state index in [2.05, 4.69) is 28.1 Å². The van der Waals surface area contributed by atoms with Crippen LogP contribution < -0.4 is 0 Å². The van der Waals surface area contributed by atoms with Gasteiger partial charge in [-0.2, -0.15) is 0 Å². The maximum Gasteiger partial charge on any atom is 0.0954 e. The molecule has 0 aromatic heterocycles. The quantitative estimate of drug-likeness (QED) is 0.736. The first-order valence-electron chi connectivity index (χ1n) is 6.44. The summed E-state index contributed by atoms with van der Waals surface area (Å²) < 4.78 is 1.07. The van der Waals surface area contributed by atoms with Gasteiger partial charge in [0.1, 0.15) is 0 Å². The van der Waals surface area contributed by atoms with E-state index in [-0.39, 0.29) is 0 Å². The Balaban J connectivity index is 2.03. The van der Waals surface area contributed by atoms with Crippen LogP contribution in [-0.2, 0) is 18.4 Å². The Kier molecular flexibility index (Phi) is 3.85. The van der Waals surface area contributed by atoms with Gasteiger partial charge in [0.05, 0.1) is 15.6 Å². The first kappa shape index (κ1) is 14.4. The molecule has 20 heavy (non-hydrogen) atoms. The maximum absolute atomic E-state index is 11.0. The highest BCUT2D eigenvalue weighted by Crippen LogP contribution is 2.41. The molecular formula is C16H13BrCl2O. The number of benzene rings is 2. The molecule has 2 aromatic carbocycles. The summed E-state index contributed by atoms with van der Waals surface area (Å²) in [6.07, 6.45) is 2.04. The lowest BCUT2D eigenvalue weighted by atomic mass is 9.76. The van der Waals surface area contributed by atoms with Crippen molar-refractivity contribution >= 4 is 39.1 Å². The van der Waals surface area contributed by atoms with Crippen molar-refractivity contribution in [1.29, 1.82) is 0 Å². The van der Waals surface area contributed by atoms with Crippen LogP contribution in [0.2, 0.25) is 10.0 Å². The average Bonchev–Trinajstić information content (AvgIpc) is 2.42. The second kappa shape index (κ2) is 5.34. The Morgan fingerprint density at radius 1 is 1.10 bits per heavy atom. The van der Waals surface area contributed by atoms with Crippen molar-refractivity contribution in [2.24, 2.45) is 0 Å². The Bertz CT molecular complexity index is 672. The summed E-state index contributed by atoms with van der Waals surface area (Å²) in [5.41, 5.74) is 2.23. The topological polar surface area (TPSA) is 20.2 Å². The minimum atomic E-state index is -0.942. The van der Waals surface area contributed by atoms with Crippen LogP contribution >= 0.6 is 39.1 Å². The number of rotatable bonds is 1. The second-order valence-corrected chi connectivity index (χ2v) is 6.92. The van der Waals surface area contributed by atoms with Gasteiger partial charge in [0.15, 0.2) is 0 Å². The fraction of sp³-hybridized carbons (Fsp3) is 0.250. The number of hydrogen-bond acceptors (Lipinski definition) is 1. The van der Waals surface area contributed by atoms with Crippen LogP contribution in [0.4, 0.5) is 0 Å². The van der Waals surface area contributed by atoms with E-state index in [0.717, 1.165) is 22.0 Å². The standard InChI is InChI=1S/C16H13BrCl2O/c17-12-5-4-11-9-16(20,7-6-10(11)8-12)13-2-1-3-14(18)15(13)19/h1-5,8,20H,6-7,9H2. The Morgan fingerprint density at radius 3 is 2.70 bits per heavy atom. The smallest absolute Gasteiger partial charge is 0.0954 e. The third kappa shape index (κ3) is 2.50. The molecule has 1 unspecified atom stereocenters. The van der Waals surface area contributed by atoms with E-state index in [9.17, 15) is 5.11 Å². The van der Waals surface area contributed by atoms with Gasteiger partial charge < -0.3 is 5.11 Å². The summed E-state index contributed by atoms with van der Waals surface area (Å²) in [5, 5.41) is 12.0. The minimum Gasteiger partial charge on any atom is -0.385 e. The van der Waals surface area contributed by atoms with Crippen molar-refractivity contribution < 1.29 is 5.11 Å². The molecule has 0 spiro atoms. The molecule has 0 radical (unpaired) electrons. The van der Waals surface area contributed by atoms with Gasteiger partial charge >= 0.3 is 0 Å². The molecule has 0 saturated carbocycles. The van der Waals surface area contributed by atoms with Crippen LogP contribution in [0.5, 0.6) is 0 Å². The summed E-state index contributed by atoms with van der Waals surface area (Å²) in [6.45, 7) is 0. The number of fused-ring (bicyclic) bond motifs is 1. The highest BCUT2D eigenvalue weighted by atomic mass is 79.9. The van der Waals surface area contributed by atoms with Crippen molar-refractivity contribution in [3.05, 3.63) is 67.6 Å². The van der Waals surface area contributed by atoms with Crippen LogP contribution in [0.3, 0.4) is 0 Å². The SMILES string of the molecule is OC1(c2cccc(Cl)c2Cl)CCc2cc(Br)ccc2C1. The molecule has 0 aliphatic heterocycles. The lowest BCUT2D eigenvalue weighted by Gasteiger charge is -2.35. The zero-order valence-corrected chi connectivity index (χ0v) is 13.8. The van der Waals surface area contributed by atoms with Crippen LogP contribution in [-0.4, -0.2) is 5.11 Å². The number of hydrogen-bond donors (Lipinski definition) is 1. The van der Waals surface area contributed by atoms with E-state index in [4.69, 9.17) is 23.2 Å². The minimum absolute atomic E-state index is 0.456. The van der Waals surface area contributed by atoms with Gasteiger partial charge in [-0.15, -0.1) is 0 Å². The third-order valence-corrected chi connectivity index (χ3v) is 5.22. The van der Waals surface area contributed by atoms with Gasteiger partial charge in [0.2, 0.25) is 0 Å². The molecule has 3 rings (SSSR count). The summed E-state index contributed by atoms with van der Waals surface area (Å²) >= 11 is 15.8. The molecular weight excluding hydrogens is 359 g/mol. The van der Waals surface area contributed by atoms with Crippen molar-refractivity contribution in [2.45, 2.75) is 24.9 Å². The molecule has 1 aliphatic carbocycles. The fourth-order valence-electron chi connectivity index (χ4n) is 2.84. The second-order valence-electron chi connectivity index (χ2n) is 5.22. The van der Waals surface area contributed by atoms with Crippen molar-refractivity contribution in [3.8, 4) is 0 Å². The fourth-order valence-corrected chi connectivity index (χ4v) is 3.72. The molecule has 1 atom stereocenters. The summed E-state index contributed by atoms with van der Waals surface area (Å²) in [4.78, 5) is 0. The highest BCUT2D eigenvalue weighted by Gasteiger charge is 2.35. The van der Waals surface area contributed by atoms with Gasteiger partial charge in [-0.05, 0) is 42.2 Å². The molecule has 1 aliphatic rings.